The van der Waals surface area contributed by atoms with Gasteiger partial charge < -0.3 is 34.2 Å². The second kappa shape index (κ2) is 19.9. The van der Waals surface area contributed by atoms with Crippen molar-refractivity contribution >= 4 is 17.3 Å². The second-order valence-electron chi connectivity index (χ2n) is 17.0. The molecule has 1 heterocycles. The highest BCUT2D eigenvalue weighted by molar-refractivity contribution is 6.03. The van der Waals surface area contributed by atoms with Gasteiger partial charge in [0.2, 0.25) is 5.79 Å². The van der Waals surface area contributed by atoms with Crippen molar-refractivity contribution in [3.63, 3.8) is 0 Å². The van der Waals surface area contributed by atoms with Gasteiger partial charge in [-0.2, -0.15) is 5.26 Å². The van der Waals surface area contributed by atoms with Gasteiger partial charge in [-0.15, -0.1) is 6.58 Å². The van der Waals surface area contributed by atoms with Crippen molar-refractivity contribution in [1.29, 1.82) is 5.26 Å². The topological polar surface area (TPSA) is 177 Å². The molecule has 3 aromatic rings. The van der Waals surface area contributed by atoms with Crippen molar-refractivity contribution in [2.45, 2.75) is 102 Å². The van der Waals surface area contributed by atoms with E-state index in [1.165, 1.54) is 12.1 Å². The van der Waals surface area contributed by atoms with Crippen LogP contribution >= 0.6 is 0 Å². The summed E-state index contributed by atoms with van der Waals surface area (Å²) in [6, 6.07) is 19.6. The number of carbonyl (C=O) groups is 1. The Morgan fingerprint density at radius 1 is 1.07 bits per heavy atom. The molecule has 2 aliphatic carbocycles. The van der Waals surface area contributed by atoms with Crippen LogP contribution in [-0.2, 0) is 9.57 Å². The van der Waals surface area contributed by atoms with E-state index in [9.17, 15) is 30.4 Å². The van der Waals surface area contributed by atoms with Gasteiger partial charge in [0.15, 0.2) is 0 Å². The second-order valence-corrected chi connectivity index (χ2v) is 17.0. The zero-order valence-electron chi connectivity index (χ0n) is 35.6. The fourth-order valence-electron chi connectivity index (χ4n) is 9.19. The van der Waals surface area contributed by atoms with Gasteiger partial charge in [-0.25, -0.2) is 0 Å². The number of allylic oxidation sites excluding steroid dienone is 1. The lowest BCUT2D eigenvalue weighted by atomic mass is 9.55. The quantitative estimate of drug-likeness (QED) is 0.0512. The molecular weight excluding hydrogens is 777 g/mol. The number of nitrogens with zero attached hydrogens (tertiary/aromatic N) is 4. The van der Waals surface area contributed by atoms with Crippen molar-refractivity contribution in [3.05, 3.63) is 118 Å². The molecule has 3 aliphatic rings. The Kier molecular flexibility index (Phi) is 14.7. The lowest BCUT2D eigenvalue weighted by Gasteiger charge is -2.60. The van der Waals surface area contributed by atoms with Crippen LogP contribution in [-0.4, -0.2) is 75.5 Å². The molecule has 61 heavy (non-hydrogen) atoms. The van der Waals surface area contributed by atoms with Gasteiger partial charge in [-0.1, -0.05) is 43.1 Å². The largest absolute Gasteiger partial charge is 0.459 e. The van der Waals surface area contributed by atoms with Crippen LogP contribution in [0.4, 0.5) is 5.69 Å². The minimum Gasteiger partial charge on any atom is -0.459 e. The minimum absolute atomic E-state index is 0.0150. The number of nitriles is 1. The summed E-state index contributed by atoms with van der Waals surface area (Å²) >= 11 is 0. The fraction of sp³-hybridized carbons (Fsp3) is 0.479. The normalized spacial score (nSPS) is 23.4. The molecule has 3 aromatic carbocycles. The molecule has 1 aliphatic heterocycles. The number of amides is 1. The first kappa shape index (κ1) is 45.0. The van der Waals surface area contributed by atoms with E-state index in [1.54, 1.807) is 48.5 Å². The molecule has 6 atom stereocenters. The summed E-state index contributed by atoms with van der Waals surface area (Å²) in [4.78, 5) is 34.1. The van der Waals surface area contributed by atoms with E-state index in [0.29, 0.717) is 59.9 Å². The number of benzene rings is 3. The Balaban J connectivity index is 1.61. The SMILES string of the molecule is C=CCO[C@@]12Oc3ccc(Oc4cccc([N+](=O)[O-])c4)cc3[C@H]3[C@H](CCCCO)[C@@H](CCCCO)C=C(C(=NOC(C)(C)C)C[C@@H]1N(CCC)C(=O)c1ccc(C#N)cc1)[C@H]32. The molecule has 6 rings (SSSR count). The maximum absolute atomic E-state index is 14.9. The van der Waals surface area contributed by atoms with Crippen LogP contribution in [0.15, 0.2) is 96.2 Å². The molecular formula is C48H58N4O9. The number of non-ortho nitro benzene ring substituents is 1. The molecule has 13 nitrogen and oxygen atoms in total. The zero-order chi connectivity index (χ0) is 43.7. The number of rotatable bonds is 19. The van der Waals surface area contributed by atoms with Crippen molar-refractivity contribution in [2.24, 2.45) is 22.9 Å². The highest BCUT2D eigenvalue weighted by atomic mass is 16.7. The van der Waals surface area contributed by atoms with Gasteiger partial charge >= 0.3 is 0 Å². The molecule has 0 unspecified atom stereocenters. The van der Waals surface area contributed by atoms with Gasteiger partial charge in [0.05, 0.1) is 40.9 Å². The Labute approximate surface area is 358 Å². The summed E-state index contributed by atoms with van der Waals surface area (Å²) in [5.41, 5.74) is 2.58. The maximum atomic E-state index is 14.9. The smallest absolute Gasteiger partial charge is 0.273 e. The predicted octanol–water partition coefficient (Wildman–Crippen LogP) is 9.24. The molecule has 0 bridgehead atoms. The summed E-state index contributed by atoms with van der Waals surface area (Å²) in [7, 11) is 0. The van der Waals surface area contributed by atoms with Crippen LogP contribution in [0.2, 0.25) is 0 Å². The van der Waals surface area contributed by atoms with Crippen LogP contribution < -0.4 is 9.47 Å². The van der Waals surface area contributed by atoms with Crippen LogP contribution in [0.3, 0.4) is 0 Å². The molecule has 1 amide bonds. The Hall–Kier alpha value is -5.55. The summed E-state index contributed by atoms with van der Waals surface area (Å²) in [6.07, 6.45) is 9.17. The first-order valence-electron chi connectivity index (χ1n) is 21.4. The van der Waals surface area contributed by atoms with Crippen LogP contribution in [0, 0.1) is 39.2 Å². The number of ether oxygens (including phenoxy) is 3. The van der Waals surface area contributed by atoms with E-state index in [-0.39, 0.29) is 55.6 Å². The third kappa shape index (κ3) is 9.99. The van der Waals surface area contributed by atoms with E-state index in [2.05, 4.69) is 18.7 Å². The maximum Gasteiger partial charge on any atom is 0.273 e. The average Bonchev–Trinajstić information content (AvgIpc) is 3.25. The van der Waals surface area contributed by atoms with E-state index in [4.69, 9.17) is 24.2 Å². The lowest BCUT2D eigenvalue weighted by Crippen LogP contribution is -2.70. The number of oxime groups is 1. The van der Waals surface area contributed by atoms with Gasteiger partial charge in [0, 0.05) is 49.3 Å². The number of hydrogen-bond acceptors (Lipinski definition) is 11. The highest BCUT2D eigenvalue weighted by Crippen LogP contribution is 2.62. The number of aliphatic hydroxyl groups excluding tert-OH is 2. The number of unbranched alkanes of at least 4 members (excludes halogenated alkanes) is 2. The monoisotopic (exact) mass is 834 g/mol. The minimum atomic E-state index is -1.45. The highest BCUT2D eigenvalue weighted by Gasteiger charge is 2.65. The van der Waals surface area contributed by atoms with Gasteiger partial charge in [0.25, 0.3) is 11.6 Å². The van der Waals surface area contributed by atoms with E-state index in [0.717, 1.165) is 36.8 Å². The standard InChI is InChI=1S/C48H58N4O9/c1-6-23-51(46(55)33-19-17-32(31-49)18-20-33)43-30-41(50-61-47(3,4)5)39-27-34(13-8-10-24-53)38(16-9-11-25-54)44-40-29-37(59-36-15-12-14-35(28-36)52(56)57)21-22-42(40)60-48(43,45(39)44)58-26-7-2/h7,12,14-15,17-22,27-29,34,38,43-45,53-54H,2,6,8-11,13,16,23-26,30H2,1,3-5H3/t34-,38+,43-,44+,45+,48+/m0/s1. The molecule has 2 N–H and O–H groups in total. The molecule has 324 valence electrons. The molecule has 1 fully saturated rings. The number of fused-ring (bicyclic) bond motifs is 2. The number of nitro benzene ring substituents is 1. The molecule has 1 saturated carbocycles. The average molecular weight is 835 g/mol. The first-order valence-corrected chi connectivity index (χ1v) is 21.4. The van der Waals surface area contributed by atoms with Crippen molar-refractivity contribution in [3.8, 4) is 23.3 Å². The summed E-state index contributed by atoms with van der Waals surface area (Å²) in [5, 5.41) is 45.9. The van der Waals surface area contributed by atoms with Gasteiger partial charge in [-0.3, -0.25) is 14.9 Å². The molecule has 13 heteroatoms. The third-order valence-electron chi connectivity index (χ3n) is 11.7. The van der Waals surface area contributed by atoms with Crippen molar-refractivity contribution in [2.75, 3.05) is 26.4 Å². The lowest BCUT2D eigenvalue weighted by molar-refractivity contribution is -0.384. The number of carbonyl (C=O) groups excluding carboxylic acids is 1. The number of aliphatic hydroxyl groups is 2. The van der Waals surface area contributed by atoms with Crippen LogP contribution in [0.5, 0.6) is 17.2 Å². The Bertz CT molecular complexity index is 2140. The Morgan fingerprint density at radius 2 is 1.79 bits per heavy atom. The Morgan fingerprint density at radius 3 is 2.44 bits per heavy atom. The predicted molar refractivity (Wildman–Crippen MR) is 231 cm³/mol. The van der Waals surface area contributed by atoms with E-state index < -0.39 is 28.3 Å². The van der Waals surface area contributed by atoms with Crippen LogP contribution in [0.1, 0.15) is 106 Å². The van der Waals surface area contributed by atoms with Gasteiger partial charge in [-0.05, 0) is 119 Å². The fourth-order valence-corrected chi connectivity index (χ4v) is 9.19. The number of nitro groups is 1. The van der Waals surface area contributed by atoms with Crippen molar-refractivity contribution < 1.29 is 39.0 Å². The van der Waals surface area contributed by atoms with E-state index >= 15 is 0 Å². The molecule has 0 radical (unpaired) electrons. The van der Waals surface area contributed by atoms with Gasteiger partial charge in [0.1, 0.15) is 28.9 Å². The third-order valence-corrected chi connectivity index (χ3v) is 11.7. The van der Waals surface area contributed by atoms with Crippen LogP contribution in [0.25, 0.3) is 0 Å². The van der Waals surface area contributed by atoms with E-state index in [1.807, 2.05) is 44.7 Å². The number of hydrogen-bond donors (Lipinski definition) is 2. The van der Waals surface area contributed by atoms with Crippen molar-refractivity contribution in [1.82, 2.24) is 4.90 Å². The first-order chi connectivity index (χ1) is 29.4. The molecule has 0 aromatic heterocycles. The zero-order valence-corrected chi connectivity index (χ0v) is 35.6. The summed E-state index contributed by atoms with van der Waals surface area (Å²) < 4.78 is 20.7. The summed E-state index contributed by atoms with van der Waals surface area (Å²) in [5.74, 6) is -1.19. The molecule has 0 spiro atoms. The molecule has 0 saturated heterocycles. The summed E-state index contributed by atoms with van der Waals surface area (Å²) in [6.45, 7) is 12.4.